The number of ether oxygens (including phenoxy) is 2. The fraction of sp³-hybridized carbons (Fsp3) is 0.714. The molecule has 0 aromatic carbocycles. The Morgan fingerprint density at radius 3 is 2.72 bits per heavy atom. The van der Waals surface area contributed by atoms with Crippen LogP contribution in [0.1, 0.15) is 39.0 Å². The first-order valence-electron chi connectivity index (χ1n) is 6.60. The summed E-state index contributed by atoms with van der Waals surface area (Å²) < 4.78 is 10.3. The van der Waals surface area contributed by atoms with E-state index in [0.29, 0.717) is 11.8 Å². The Kier molecular flexibility index (Phi) is 3.73. The van der Waals surface area contributed by atoms with Crippen molar-refractivity contribution in [3.63, 3.8) is 0 Å². The van der Waals surface area contributed by atoms with Gasteiger partial charge in [-0.25, -0.2) is 9.59 Å². The molecule has 2 aliphatic rings. The summed E-state index contributed by atoms with van der Waals surface area (Å²) in [5, 5.41) is 0. The molecule has 0 heterocycles. The zero-order chi connectivity index (χ0) is 13.2. The maximum absolute atomic E-state index is 11.7. The van der Waals surface area contributed by atoms with Crippen LogP contribution < -0.4 is 0 Å². The van der Waals surface area contributed by atoms with Crippen LogP contribution in [0.4, 0.5) is 0 Å². The van der Waals surface area contributed by atoms with Crippen LogP contribution in [0.5, 0.6) is 0 Å². The molecule has 2 rings (SSSR count). The lowest BCUT2D eigenvalue weighted by Gasteiger charge is -2.36. The molecule has 1 unspecified atom stereocenters. The third kappa shape index (κ3) is 2.42. The largest absolute Gasteiger partial charge is 0.456 e. The van der Waals surface area contributed by atoms with E-state index in [0.717, 1.165) is 25.3 Å². The lowest BCUT2D eigenvalue weighted by atomic mass is 9.82. The Labute approximate surface area is 107 Å². The molecule has 4 nitrogen and oxygen atoms in total. The Morgan fingerprint density at radius 2 is 2.22 bits per heavy atom. The minimum absolute atomic E-state index is 0.305. The quantitative estimate of drug-likeness (QED) is 0.556. The summed E-state index contributed by atoms with van der Waals surface area (Å²) in [5.74, 6) is 0.162. The van der Waals surface area contributed by atoms with Gasteiger partial charge in [-0.15, -0.1) is 0 Å². The van der Waals surface area contributed by atoms with Gasteiger partial charge in [0.15, 0.2) is 6.61 Å². The van der Waals surface area contributed by atoms with Crippen molar-refractivity contribution in [2.45, 2.75) is 44.6 Å². The zero-order valence-electron chi connectivity index (χ0n) is 10.8. The van der Waals surface area contributed by atoms with E-state index >= 15 is 0 Å². The fourth-order valence-corrected chi connectivity index (χ4v) is 3.47. The second-order valence-corrected chi connectivity index (χ2v) is 5.28. The van der Waals surface area contributed by atoms with Gasteiger partial charge in [0.05, 0.1) is 0 Å². The van der Waals surface area contributed by atoms with Crippen molar-refractivity contribution in [3.8, 4) is 0 Å². The van der Waals surface area contributed by atoms with Crippen LogP contribution in [0, 0.1) is 11.8 Å². The van der Waals surface area contributed by atoms with Crippen molar-refractivity contribution in [1.29, 1.82) is 0 Å². The number of fused-ring (bicyclic) bond motifs is 2. The smallest absolute Gasteiger partial charge is 0.344 e. The van der Waals surface area contributed by atoms with Gasteiger partial charge < -0.3 is 9.47 Å². The Bertz CT molecular complexity index is 363. The van der Waals surface area contributed by atoms with Gasteiger partial charge in [-0.1, -0.05) is 13.5 Å². The maximum atomic E-state index is 11.7. The minimum Gasteiger partial charge on any atom is -0.456 e. The van der Waals surface area contributed by atoms with Gasteiger partial charge in [0.25, 0.3) is 0 Å². The van der Waals surface area contributed by atoms with E-state index in [2.05, 4.69) is 13.5 Å². The van der Waals surface area contributed by atoms with Crippen LogP contribution >= 0.6 is 0 Å². The molecule has 0 N–H and O–H groups in total. The van der Waals surface area contributed by atoms with E-state index in [4.69, 9.17) is 9.47 Å². The van der Waals surface area contributed by atoms with Crippen molar-refractivity contribution in [2.24, 2.45) is 11.8 Å². The Hall–Kier alpha value is -1.32. The number of hydrogen-bond donors (Lipinski definition) is 0. The van der Waals surface area contributed by atoms with Crippen LogP contribution in [0.3, 0.4) is 0 Å². The number of esters is 2. The molecular formula is C14H20O4. The van der Waals surface area contributed by atoms with Gasteiger partial charge >= 0.3 is 11.9 Å². The molecule has 2 saturated carbocycles. The molecule has 4 heteroatoms. The predicted molar refractivity (Wildman–Crippen MR) is 65.7 cm³/mol. The fourth-order valence-electron chi connectivity index (χ4n) is 3.47. The highest BCUT2D eigenvalue weighted by molar-refractivity contribution is 5.83. The SMILES string of the molecule is C=CC(=O)OCC(=O)OC1(CC)C[C@H]2CC[C@@H]1C2. The molecule has 0 aromatic rings. The van der Waals surface area contributed by atoms with Gasteiger partial charge in [0.1, 0.15) is 5.60 Å². The monoisotopic (exact) mass is 252 g/mol. The number of carbonyl (C=O) groups is 2. The molecule has 2 aliphatic carbocycles. The highest BCUT2D eigenvalue weighted by Gasteiger charge is 2.52. The molecule has 0 amide bonds. The third-order valence-corrected chi connectivity index (χ3v) is 4.33. The molecule has 0 aliphatic heterocycles. The normalized spacial score (nSPS) is 33.2. The first kappa shape index (κ1) is 13.1. The van der Waals surface area contributed by atoms with Crippen LogP contribution in [-0.2, 0) is 19.1 Å². The molecule has 0 saturated heterocycles. The standard InChI is InChI=1S/C14H20O4/c1-3-12(15)17-9-13(16)18-14(4-2)8-10-5-6-11(14)7-10/h3,10-11H,1,4-9H2,2H3/t10-,11+,14?/m0/s1. The van der Waals surface area contributed by atoms with Gasteiger partial charge in [-0.3, -0.25) is 0 Å². The minimum atomic E-state index is -0.592. The summed E-state index contributed by atoms with van der Waals surface area (Å²) in [6.07, 6.45) is 6.44. The van der Waals surface area contributed by atoms with Crippen molar-refractivity contribution in [1.82, 2.24) is 0 Å². The summed E-state index contributed by atoms with van der Waals surface area (Å²) in [5.41, 5.74) is -0.305. The topological polar surface area (TPSA) is 52.6 Å². The summed E-state index contributed by atoms with van der Waals surface area (Å²) in [7, 11) is 0. The molecule has 0 radical (unpaired) electrons. The van der Waals surface area contributed by atoms with Gasteiger partial charge in [-0.2, -0.15) is 0 Å². The molecular weight excluding hydrogens is 232 g/mol. The molecule has 18 heavy (non-hydrogen) atoms. The highest BCUT2D eigenvalue weighted by atomic mass is 16.6. The number of rotatable bonds is 5. The van der Waals surface area contributed by atoms with Crippen molar-refractivity contribution in [3.05, 3.63) is 12.7 Å². The lowest BCUT2D eigenvalue weighted by molar-refractivity contribution is -0.174. The highest BCUT2D eigenvalue weighted by Crippen LogP contribution is 2.54. The van der Waals surface area contributed by atoms with E-state index < -0.39 is 11.9 Å². The molecule has 2 fully saturated rings. The second-order valence-electron chi connectivity index (χ2n) is 5.28. The zero-order valence-corrected chi connectivity index (χ0v) is 10.8. The van der Waals surface area contributed by atoms with Crippen LogP contribution in [0.15, 0.2) is 12.7 Å². The van der Waals surface area contributed by atoms with E-state index in [-0.39, 0.29) is 12.2 Å². The van der Waals surface area contributed by atoms with Crippen LogP contribution in [-0.4, -0.2) is 24.1 Å². The van der Waals surface area contributed by atoms with Crippen molar-refractivity contribution < 1.29 is 19.1 Å². The average molecular weight is 252 g/mol. The number of hydrogen-bond acceptors (Lipinski definition) is 4. The van der Waals surface area contributed by atoms with E-state index in [1.165, 1.54) is 12.8 Å². The molecule has 100 valence electrons. The maximum Gasteiger partial charge on any atom is 0.344 e. The van der Waals surface area contributed by atoms with Gasteiger partial charge in [0.2, 0.25) is 0 Å². The van der Waals surface area contributed by atoms with E-state index in [9.17, 15) is 9.59 Å². The predicted octanol–water partition coefficient (Wildman–Crippen LogP) is 2.23. The van der Waals surface area contributed by atoms with E-state index in [1.807, 2.05) is 0 Å². The first-order valence-corrected chi connectivity index (χ1v) is 6.60. The molecule has 0 spiro atoms. The lowest BCUT2D eigenvalue weighted by Crippen LogP contribution is -2.40. The summed E-state index contributed by atoms with van der Waals surface area (Å²) >= 11 is 0. The van der Waals surface area contributed by atoms with Crippen LogP contribution in [0.2, 0.25) is 0 Å². The second kappa shape index (κ2) is 5.12. The summed E-state index contributed by atoms with van der Waals surface area (Å²) in [6.45, 7) is 5.02. The summed E-state index contributed by atoms with van der Waals surface area (Å²) in [4.78, 5) is 22.6. The number of carbonyl (C=O) groups excluding carboxylic acids is 2. The molecule has 0 aromatic heterocycles. The molecule has 3 atom stereocenters. The average Bonchev–Trinajstić information content (AvgIpc) is 2.96. The molecule has 2 bridgehead atoms. The first-order chi connectivity index (χ1) is 8.59. The third-order valence-electron chi connectivity index (χ3n) is 4.33. The van der Waals surface area contributed by atoms with Crippen LogP contribution in [0.25, 0.3) is 0 Å². The Morgan fingerprint density at radius 1 is 1.44 bits per heavy atom. The van der Waals surface area contributed by atoms with Gasteiger partial charge in [0, 0.05) is 6.08 Å². The van der Waals surface area contributed by atoms with Gasteiger partial charge in [-0.05, 0) is 43.9 Å². The summed E-state index contributed by atoms with van der Waals surface area (Å²) in [6, 6.07) is 0. The van der Waals surface area contributed by atoms with E-state index in [1.54, 1.807) is 0 Å². The Balaban J connectivity index is 1.89. The van der Waals surface area contributed by atoms with Crippen molar-refractivity contribution in [2.75, 3.05) is 6.61 Å². The van der Waals surface area contributed by atoms with Crippen molar-refractivity contribution >= 4 is 11.9 Å².